The summed E-state index contributed by atoms with van der Waals surface area (Å²) in [4.78, 5) is 36.6. The van der Waals surface area contributed by atoms with Crippen LogP contribution in [0.4, 0.5) is 0 Å². The first-order valence-electron chi connectivity index (χ1n) is 12.2. The molecule has 0 saturated carbocycles. The lowest BCUT2D eigenvalue weighted by Gasteiger charge is -2.20. The standard InChI is InChI=1S/C29H30N2O6/c1-35-29(34)24(31-28(33)23-13-15-27(32)30-23)16-22-12-14-25(36-18-20-8-4-2-5-9-20)26(17-22)37-19-21-10-6-3-7-11-21/h2-12,14,17,23-24H,13,15-16,18-19H2,1H3,(H,30,32)(H,31,33)/t23-,24-/m0/s1. The Morgan fingerprint density at radius 1 is 0.892 bits per heavy atom. The van der Waals surface area contributed by atoms with Crippen molar-refractivity contribution in [3.05, 3.63) is 95.6 Å². The zero-order valence-electron chi connectivity index (χ0n) is 20.6. The van der Waals surface area contributed by atoms with E-state index in [0.29, 0.717) is 31.1 Å². The van der Waals surface area contributed by atoms with Crippen LogP contribution in [0.1, 0.15) is 29.5 Å². The van der Waals surface area contributed by atoms with E-state index in [9.17, 15) is 14.4 Å². The molecule has 0 unspecified atom stereocenters. The van der Waals surface area contributed by atoms with Crippen molar-refractivity contribution in [2.45, 2.75) is 44.6 Å². The lowest BCUT2D eigenvalue weighted by atomic mass is 10.0. The van der Waals surface area contributed by atoms with Crippen LogP contribution in [-0.2, 0) is 38.8 Å². The van der Waals surface area contributed by atoms with Gasteiger partial charge in [-0.2, -0.15) is 0 Å². The van der Waals surface area contributed by atoms with Gasteiger partial charge in [0.15, 0.2) is 11.5 Å². The van der Waals surface area contributed by atoms with Crippen LogP contribution in [0.15, 0.2) is 78.9 Å². The monoisotopic (exact) mass is 502 g/mol. The van der Waals surface area contributed by atoms with Gasteiger partial charge in [0, 0.05) is 12.8 Å². The number of rotatable bonds is 11. The average molecular weight is 503 g/mol. The molecule has 1 fully saturated rings. The van der Waals surface area contributed by atoms with Crippen molar-refractivity contribution in [3.8, 4) is 11.5 Å². The third kappa shape index (κ3) is 7.33. The Hall–Kier alpha value is -4.33. The number of carbonyl (C=O) groups excluding carboxylic acids is 3. The maximum Gasteiger partial charge on any atom is 0.328 e. The Morgan fingerprint density at radius 2 is 1.51 bits per heavy atom. The van der Waals surface area contributed by atoms with Gasteiger partial charge in [-0.25, -0.2) is 4.79 Å². The van der Waals surface area contributed by atoms with E-state index in [1.165, 1.54) is 7.11 Å². The van der Waals surface area contributed by atoms with Crippen LogP contribution in [0.25, 0.3) is 0 Å². The molecule has 1 heterocycles. The zero-order valence-corrected chi connectivity index (χ0v) is 20.6. The molecule has 192 valence electrons. The van der Waals surface area contributed by atoms with Crippen LogP contribution < -0.4 is 20.1 Å². The van der Waals surface area contributed by atoms with Crippen LogP contribution >= 0.6 is 0 Å². The van der Waals surface area contributed by atoms with Gasteiger partial charge in [0.25, 0.3) is 0 Å². The van der Waals surface area contributed by atoms with Crippen molar-refractivity contribution in [1.29, 1.82) is 0 Å². The quantitative estimate of drug-likeness (QED) is 0.390. The highest BCUT2D eigenvalue weighted by Crippen LogP contribution is 2.31. The lowest BCUT2D eigenvalue weighted by Crippen LogP contribution is -2.49. The lowest BCUT2D eigenvalue weighted by molar-refractivity contribution is -0.145. The van der Waals surface area contributed by atoms with Crippen LogP contribution in [0.5, 0.6) is 11.5 Å². The highest BCUT2D eigenvalue weighted by Gasteiger charge is 2.31. The number of esters is 1. The summed E-state index contributed by atoms with van der Waals surface area (Å²) in [6.45, 7) is 0.709. The molecule has 2 N–H and O–H groups in total. The van der Waals surface area contributed by atoms with Crippen molar-refractivity contribution in [2.24, 2.45) is 0 Å². The normalized spacial score (nSPS) is 15.4. The average Bonchev–Trinajstić information content (AvgIpc) is 3.38. The summed E-state index contributed by atoms with van der Waals surface area (Å²) >= 11 is 0. The Labute approximate surface area is 215 Å². The molecule has 3 aromatic rings. The van der Waals surface area contributed by atoms with Gasteiger partial charge in [-0.1, -0.05) is 66.7 Å². The minimum Gasteiger partial charge on any atom is -0.485 e. The van der Waals surface area contributed by atoms with Crippen LogP contribution in [-0.4, -0.2) is 37.0 Å². The van der Waals surface area contributed by atoms with E-state index in [4.69, 9.17) is 14.2 Å². The van der Waals surface area contributed by atoms with E-state index < -0.39 is 24.0 Å². The van der Waals surface area contributed by atoms with Gasteiger partial charge < -0.3 is 24.8 Å². The summed E-state index contributed by atoms with van der Waals surface area (Å²) in [7, 11) is 1.27. The molecular formula is C29H30N2O6. The van der Waals surface area contributed by atoms with Gasteiger partial charge in [0.05, 0.1) is 7.11 Å². The molecule has 1 aliphatic rings. The van der Waals surface area contributed by atoms with Crippen molar-refractivity contribution in [2.75, 3.05) is 7.11 Å². The van der Waals surface area contributed by atoms with Gasteiger partial charge in [-0.3, -0.25) is 9.59 Å². The first-order valence-corrected chi connectivity index (χ1v) is 12.2. The van der Waals surface area contributed by atoms with E-state index in [2.05, 4.69) is 10.6 Å². The topological polar surface area (TPSA) is 103 Å². The molecule has 0 bridgehead atoms. The second-order valence-corrected chi connectivity index (χ2v) is 8.78. The molecule has 4 rings (SSSR count). The first kappa shape index (κ1) is 25.8. The highest BCUT2D eigenvalue weighted by atomic mass is 16.5. The summed E-state index contributed by atoms with van der Waals surface area (Å²) in [6.07, 6.45) is 0.858. The van der Waals surface area contributed by atoms with Crippen molar-refractivity contribution < 1.29 is 28.6 Å². The predicted molar refractivity (Wildman–Crippen MR) is 137 cm³/mol. The number of hydrogen-bond acceptors (Lipinski definition) is 6. The van der Waals surface area contributed by atoms with Gasteiger partial charge in [0.2, 0.25) is 11.8 Å². The molecule has 8 nitrogen and oxygen atoms in total. The third-order valence-corrected chi connectivity index (χ3v) is 6.04. The molecule has 37 heavy (non-hydrogen) atoms. The number of amides is 2. The molecule has 0 aromatic heterocycles. The molecule has 1 aliphatic heterocycles. The van der Waals surface area contributed by atoms with Gasteiger partial charge >= 0.3 is 5.97 Å². The maximum absolute atomic E-state index is 12.6. The second kappa shape index (κ2) is 12.6. The molecule has 2 amide bonds. The van der Waals surface area contributed by atoms with Crippen molar-refractivity contribution in [1.82, 2.24) is 10.6 Å². The van der Waals surface area contributed by atoms with Crippen LogP contribution in [0.3, 0.4) is 0 Å². The number of hydrogen-bond donors (Lipinski definition) is 2. The minimum absolute atomic E-state index is 0.180. The summed E-state index contributed by atoms with van der Waals surface area (Å²) in [5, 5.41) is 5.33. The Balaban J connectivity index is 1.51. The number of ether oxygens (including phenoxy) is 3. The molecule has 2 atom stereocenters. The highest BCUT2D eigenvalue weighted by molar-refractivity contribution is 5.93. The number of nitrogens with one attached hydrogen (secondary N) is 2. The zero-order chi connectivity index (χ0) is 26.0. The fraction of sp³-hybridized carbons (Fsp3) is 0.276. The molecule has 8 heteroatoms. The molecule has 1 saturated heterocycles. The number of methoxy groups -OCH3 is 1. The Bertz CT molecular complexity index is 1220. The fourth-order valence-corrected chi connectivity index (χ4v) is 4.04. The second-order valence-electron chi connectivity index (χ2n) is 8.78. The summed E-state index contributed by atoms with van der Waals surface area (Å²) in [5.74, 6) is -0.0781. The van der Waals surface area contributed by atoms with Gasteiger partial charge in [-0.15, -0.1) is 0 Å². The largest absolute Gasteiger partial charge is 0.485 e. The van der Waals surface area contributed by atoms with E-state index in [1.54, 1.807) is 6.07 Å². The first-order chi connectivity index (χ1) is 18.0. The third-order valence-electron chi connectivity index (χ3n) is 6.04. The number of carbonyl (C=O) groups is 3. The summed E-state index contributed by atoms with van der Waals surface area (Å²) < 4.78 is 17.1. The minimum atomic E-state index is -0.923. The molecule has 0 radical (unpaired) electrons. The van der Waals surface area contributed by atoms with Crippen LogP contribution in [0.2, 0.25) is 0 Å². The SMILES string of the molecule is COC(=O)[C@H](Cc1ccc(OCc2ccccc2)c(OCc2ccccc2)c1)NC(=O)[C@@H]1CCC(=O)N1. The van der Waals surface area contributed by atoms with Gasteiger partial charge in [0.1, 0.15) is 25.3 Å². The molecule has 0 aliphatic carbocycles. The van der Waals surface area contributed by atoms with Gasteiger partial charge in [-0.05, 0) is 35.2 Å². The Kier molecular flexibility index (Phi) is 8.75. The molecular weight excluding hydrogens is 472 g/mol. The van der Waals surface area contributed by atoms with Crippen molar-refractivity contribution in [3.63, 3.8) is 0 Å². The summed E-state index contributed by atoms with van der Waals surface area (Å²) in [6, 6.07) is 23.4. The Morgan fingerprint density at radius 3 is 2.08 bits per heavy atom. The summed E-state index contributed by atoms with van der Waals surface area (Å²) in [5.41, 5.74) is 2.77. The fourth-order valence-electron chi connectivity index (χ4n) is 4.04. The van der Waals surface area contributed by atoms with E-state index >= 15 is 0 Å². The van der Waals surface area contributed by atoms with E-state index in [0.717, 1.165) is 16.7 Å². The number of benzene rings is 3. The molecule has 3 aromatic carbocycles. The van der Waals surface area contributed by atoms with E-state index in [-0.39, 0.29) is 18.7 Å². The van der Waals surface area contributed by atoms with Crippen LogP contribution in [0, 0.1) is 0 Å². The smallest absolute Gasteiger partial charge is 0.328 e. The predicted octanol–water partition coefficient (Wildman–Crippen LogP) is 3.32. The maximum atomic E-state index is 12.6. The molecule has 0 spiro atoms. The van der Waals surface area contributed by atoms with Crippen molar-refractivity contribution >= 4 is 17.8 Å². The van der Waals surface area contributed by atoms with E-state index in [1.807, 2.05) is 72.8 Å².